The smallest absolute Gasteiger partial charge is 0.0765 e. The highest BCUT2D eigenvalue weighted by atomic mass is 32.1. The second kappa shape index (κ2) is 7.01. The third kappa shape index (κ3) is 5.61. The fourth-order valence-corrected chi connectivity index (χ4v) is 2.14. The Bertz CT molecular complexity index is 273. The molecule has 0 bridgehead atoms. The Morgan fingerprint density at radius 3 is 3.00 bits per heavy atom. The first-order chi connectivity index (χ1) is 7.64. The van der Waals surface area contributed by atoms with Gasteiger partial charge < -0.3 is 15.2 Å². The summed E-state index contributed by atoms with van der Waals surface area (Å²) in [5, 5.41) is 15.3. The second-order valence-electron chi connectivity index (χ2n) is 4.25. The van der Waals surface area contributed by atoms with Crippen molar-refractivity contribution in [1.82, 2.24) is 5.32 Å². The van der Waals surface area contributed by atoms with Crippen molar-refractivity contribution >= 4 is 11.3 Å². The van der Waals surface area contributed by atoms with E-state index >= 15 is 0 Å². The molecule has 1 aromatic heterocycles. The topological polar surface area (TPSA) is 41.5 Å². The van der Waals surface area contributed by atoms with Gasteiger partial charge in [0.25, 0.3) is 0 Å². The number of hydrogen-bond acceptors (Lipinski definition) is 4. The summed E-state index contributed by atoms with van der Waals surface area (Å²) in [6.07, 6.45) is 1.69. The summed E-state index contributed by atoms with van der Waals surface area (Å²) < 4.78 is 4.96. The summed E-state index contributed by atoms with van der Waals surface area (Å²) in [5.74, 6) is 0. The molecule has 16 heavy (non-hydrogen) atoms. The fraction of sp³-hybridized carbons (Fsp3) is 0.667. The van der Waals surface area contributed by atoms with Crippen molar-refractivity contribution in [2.45, 2.75) is 25.4 Å². The standard InChI is InChI=1S/C12H21NO2S/c1-12(14,6-8-15-2)10-13-7-5-11-4-3-9-16-11/h3-4,9,13-14H,5-8,10H2,1-2H3. The zero-order valence-electron chi connectivity index (χ0n) is 10.0. The summed E-state index contributed by atoms with van der Waals surface area (Å²) in [4.78, 5) is 1.38. The number of thiophene rings is 1. The van der Waals surface area contributed by atoms with Gasteiger partial charge in [-0.05, 0) is 24.8 Å². The van der Waals surface area contributed by atoms with Gasteiger partial charge in [0.15, 0.2) is 0 Å². The van der Waals surface area contributed by atoms with Gasteiger partial charge in [-0.1, -0.05) is 6.07 Å². The molecule has 0 aliphatic heterocycles. The second-order valence-corrected chi connectivity index (χ2v) is 5.28. The van der Waals surface area contributed by atoms with Crippen LogP contribution >= 0.6 is 11.3 Å². The van der Waals surface area contributed by atoms with Crippen molar-refractivity contribution < 1.29 is 9.84 Å². The zero-order chi connectivity index (χ0) is 11.9. The van der Waals surface area contributed by atoms with Crippen LogP contribution in [0.1, 0.15) is 18.2 Å². The van der Waals surface area contributed by atoms with Crippen LogP contribution in [0.4, 0.5) is 0 Å². The van der Waals surface area contributed by atoms with E-state index in [9.17, 15) is 5.11 Å². The van der Waals surface area contributed by atoms with E-state index in [1.165, 1.54) is 4.88 Å². The Morgan fingerprint density at radius 2 is 2.38 bits per heavy atom. The van der Waals surface area contributed by atoms with Crippen molar-refractivity contribution in [1.29, 1.82) is 0 Å². The number of nitrogens with one attached hydrogen (secondary N) is 1. The molecule has 1 rings (SSSR count). The van der Waals surface area contributed by atoms with Gasteiger partial charge in [0, 0.05) is 38.1 Å². The average molecular weight is 243 g/mol. The van der Waals surface area contributed by atoms with Gasteiger partial charge in [-0.2, -0.15) is 0 Å². The first-order valence-electron chi connectivity index (χ1n) is 5.58. The van der Waals surface area contributed by atoms with Crippen LogP contribution in [0.3, 0.4) is 0 Å². The third-order valence-corrected chi connectivity index (χ3v) is 3.42. The highest BCUT2D eigenvalue weighted by Crippen LogP contribution is 2.09. The van der Waals surface area contributed by atoms with E-state index in [1.54, 1.807) is 18.4 Å². The molecule has 0 aliphatic rings. The lowest BCUT2D eigenvalue weighted by Crippen LogP contribution is -2.39. The maximum Gasteiger partial charge on any atom is 0.0765 e. The Labute approximate surface area is 101 Å². The van der Waals surface area contributed by atoms with Crippen LogP contribution in [-0.2, 0) is 11.2 Å². The van der Waals surface area contributed by atoms with E-state index in [1.807, 2.05) is 6.92 Å². The third-order valence-electron chi connectivity index (χ3n) is 2.48. The maximum atomic E-state index is 9.96. The largest absolute Gasteiger partial charge is 0.389 e. The van der Waals surface area contributed by atoms with Gasteiger partial charge in [0.1, 0.15) is 0 Å². The van der Waals surface area contributed by atoms with Gasteiger partial charge in [0.05, 0.1) is 5.60 Å². The van der Waals surface area contributed by atoms with Gasteiger partial charge in [0.2, 0.25) is 0 Å². The molecular formula is C12H21NO2S. The van der Waals surface area contributed by atoms with Crippen molar-refractivity contribution in [2.24, 2.45) is 0 Å². The molecule has 0 aliphatic carbocycles. The molecule has 2 N–H and O–H groups in total. The Balaban J connectivity index is 2.10. The summed E-state index contributed by atoms with van der Waals surface area (Å²) in [6.45, 7) is 3.95. The number of hydrogen-bond donors (Lipinski definition) is 2. The Morgan fingerprint density at radius 1 is 1.56 bits per heavy atom. The molecule has 0 saturated heterocycles. The van der Waals surface area contributed by atoms with E-state index in [-0.39, 0.29) is 0 Å². The minimum Gasteiger partial charge on any atom is -0.389 e. The highest BCUT2D eigenvalue weighted by molar-refractivity contribution is 7.09. The van der Waals surface area contributed by atoms with Gasteiger partial charge in [-0.3, -0.25) is 0 Å². The minimum atomic E-state index is -0.675. The van der Waals surface area contributed by atoms with E-state index in [4.69, 9.17) is 4.74 Å². The average Bonchev–Trinajstić information content (AvgIpc) is 2.75. The van der Waals surface area contributed by atoms with Crippen LogP contribution in [-0.4, -0.2) is 37.5 Å². The molecule has 0 saturated carbocycles. The van der Waals surface area contributed by atoms with Crippen molar-refractivity contribution in [2.75, 3.05) is 26.8 Å². The summed E-state index contributed by atoms with van der Waals surface area (Å²) in [5.41, 5.74) is -0.675. The molecule has 0 spiro atoms. The lowest BCUT2D eigenvalue weighted by Gasteiger charge is -2.23. The van der Waals surface area contributed by atoms with E-state index in [2.05, 4.69) is 22.8 Å². The fourth-order valence-electron chi connectivity index (χ4n) is 1.43. The number of rotatable bonds is 8. The lowest BCUT2D eigenvalue weighted by atomic mass is 10.0. The molecule has 92 valence electrons. The van der Waals surface area contributed by atoms with Crippen molar-refractivity contribution in [3.63, 3.8) is 0 Å². The van der Waals surface area contributed by atoms with E-state index in [0.29, 0.717) is 19.6 Å². The molecule has 0 amide bonds. The summed E-state index contributed by atoms with van der Waals surface area (Å²) >= 11 is 1.77. The molecule has 3 nitrogen and oxygen atoms in total. The molecule has 1 heterocycles. The number of aliphatic hydroxyl groups is 1. The van der Waals surface area contributed by atoms with Crippen LogP contribution in [0.25, 0.3) is 0 Å². The minimum absolute atomic E-state index is 0.597. The molecule has 0 aromatic carbocycles. The van der Waals surface area contributed by atoms with Crippen molar-refractivity contribution in [3.8, 4) is 0 Å². The number of methoxy groups -OCH3 is 1. The molecule has 0 fully saturated rings. The molecule has 0 radical (unpaired) electrons. The zero-order valence-corrected chi connectivity index (χ0v) is 10.8. The SMILES string of the molecule is COCCC(C)(O)CNCCc1cccs1. The predicted octanol–water partition coefficient (Wildman–Crippen LogP) is 1.67. The van der Waals surface area contributed by atoms with Gasteiger partial charge >= 0.3 is 0 Å². The maximum absolute atomic E-state index is 9.96. The summed E-state index contributed by atoms with van der Waals surface area (Å²) in [6, 6.07) is 4.20. The van der Waals surface area contributed by atoms with E-state index < -0.39 is 5.60 Å². The molecule has 4 heteroatoms. The van der Waals surface area contributed by atoms with Crippen LogP contribution < -0.4 is 5.32 Å². The normalized spacial score (nSPS) is 14.9. The van der Waals surface area contributed by atoms with Gasteiger partial charge in [-0.25, -0.2) is 0 Å². The van der Waals surface area contributed by atoms with Crippen LogP contribution in [0, 0.1) is 0 Å². The van der Waals surface area contributed by atoms with Gasteiger partial charge in [-0.15, -0.1) is 11.3 Å². The number of ether oxygens (including phenoxy) is 1. The highest BCUT2D eigenvalue weighted by Gasteiger charge is 2.18. The molecule has 1 atom stereocenters. The lowest BCUT2D eigenvalue weighted by molar-refractivity contribution is 0.0252. The molecular weight excluding hydrogens is 222 g/mol. The Hall–Kier alpha value is -0.420. The summed E-state index contributed by atoms with van der Waals surface area (Å²) in [7, 11) is 1.65. The molecule has 1 aromatic rings. The first-order valence-corrected chi connectivity index (χ1v) is 6.46. The molecule has 1 unspecified atom stereocenters. The quantitative estimate of drug-likeness (QED) is 0.682. The predicted molar refractivity (Wildman–Crippen MR) is 68.0 cm³/mol. The van der Waals surface area contributed by atoms with Crippen molar-refractivity contribution in [3.05, 3.63) is 22.4 Å². The van der Waals surface area contributed by atoms with Crippen LogP contribution in [0.5, 0.6) is 0 Å². The Kier molecular flexibility index (Phi) is 5.98. The monoisotopic (exact) mass is 243 g/mol. The first kappa shape index (κ1) is 13.6. The van der Waals surface area contributed by atoms with Crippen LogP contribution in [0.2, 0.25) is 0 Å². The van der Waals surface area contributed by atoms with E-state index in [0.717, 1.165) is 13.0 Å². The van der Waals surface area contributed by atoms with Crippen LogP contribution in [0.15, 0.2) is 17.5 Å².